The van der Waals surface area contributed by atoms with Gasteiger partial charge in [-0.3, -0.25) is 4.79 Å². The molecule has 0 aromatic rings. The van der Waals surface area contributed by atoms with Crippen LogP contribution in [0.15, 0.2) is 0 Å². The number of carbonyl (C=O) groups is 1. The first-order chi connectivity index (χ1) is 10.1. The Balaban J connectivity index is 1.85. The van der Waals surface area contributed by atoms with Gasteiger partial charge in [0.25, 0.3) is 5.91 Å². The fraction of sp³-hybridized carbons (Fsp3) is 0.941. The highest BCUT2D eigenvalue weighted by atomic mass is 16.5. The maximum atomic E-state index is 12.6. The van der Waals surface area contributed by atoms with Crippen LogP contribution in [-0.4, -0.2) is 46.8 Å². The number of likely N-dealkylation sites (tertiary alicyclic amines) is 1. The summed E-state index contributed by atoms with van der Waals surface area (Å²) in [6.45, 7) is 4.51. The summed E-state index contributed by atoms with van der Waals surface area (Å²) < 4.78 is 6.05. The van der Waals surface area contributed by atoms with Crippen molar-refractivity contribution in [3.63, 3.8) is 0 Å². The Morgan fingerprint density at radius 3 is 2.43 bits per heavy atom. The van der Waals surface area contributed by atoms with E-state index < -0.39 is 0 Å². The third kappa shape index (κ3) is 4.96. The van der Waals surface area contributed by atoms with Crippen LogP contribution in [0.5, 0.6) is 0 Å². The van der Waals surface area contributed by atoms with Crippen molar-refractivity contribution in [2.24, 2.45) is 0 Å². The fourth-order valence-corrected chi connectivity index (χ4v) is 3.72. The van der Waals surface area contributed by atoms with Crippen LogP contribution in [0.2, 0.25) is 0 Å². The second kappa shape index (κ2) is 8.14. The fourth-order valence-electron chi connectivity index (χ4n) is 3.72. The molecule has 0 radical (unpaired) electrons. The number of amides is 1. The van der Waals surface area contributed by atoms with E-state index in [1.165, 1.54) is 25.7 Å². The first kappa shape index (κ1) is 16.8. The molecule has 4 nitrogen and oxygen atoms in total. The maximum Gasteiger partial charge on any atom is 0.251 e. The minimum absolute atomic E-state index is 0.113. The summed E-state index contributed by atoms with van der Waals surface area (Å²) in [5, 5.41) is 9.57. The van der Waals surface area contributed by atoms with Crippen molar-refractivity contribution >= 4 is 5.91 Å². The maximum absolute atomic E-state index is 12.6. The van der Waals surface area contributed by atoms with Gasteiger partial charge in [-0.1, -0.05) is 25.7 Å². The Kier molecular flexibility index (Phi) is 6.49. The third-order valence-electron chi connectivity index (χ3n) is 4.82. The van der Waals surface area contributed by atoms with Crippen LogP contribution in [0, 0.1) is 0 Å². The molecule has 2 aliphatic rings. The molecule has 1 saturated carbocycles. The molecule has 1 N–H and O–H groups in total. The zero-order chi connectivity index (χ0) is 15.2. The molecule has 0 bridgehead atoms. The van der Waals surface area contributed by atoms with Gasteiger partial charge in [0, 0.05) is 12.6 Å². The van der Waals surface area contributed by atoms with E-state index in [0.29, 0.717) is 6.42 Å². The summed E-state index contributed by atoms with van der Waals surface area (Å²) in [4.78, 5) is 14.6. The zero-order valence-electron chi connectivity index (χ0n) is 13.6. The minimum atomic E-state index is -0.346. The lowest BCUT2D eigenvalue weighted by Gasteiger charge is -2.30. The number of hydrogen-bond acceptors (Lipinski definition) is 3. The van der Waals surface area contributed by atoms with Crippen molar-refractivity contribution in [1.29, 1.82) is 0 Å². The van der Waals surface area contributed by atoms with Gasteiger partial charge in [0.15, 0.2) is 0 Å². The highest BCUT2D eigenvalue weighted by Gasteiger charge is 2.33. The molecular formula is C17H31NO3. The highest BCUT2D eigenvalue weighted by molar-refractivity contribution is 5.81. The molecule has 3 atom stereocenters. The topological polar surface area (TPSA) is 49.8 Å². The van der Waals surface area contributed by atoms with Crippen molar-refractivity contribution in [3.8, 4) is 0 Å². The second-order valence-corrected chi connectivity index (χ2v) is 6.80. The van der Waals surface area contributed by atoms with Crippen molar-refractivity contribution in [2.75, 3.05) is 6.54 Å². The van der Waals surface area contributed by atoms with E-state index in [-0.39, 0.29) is 30.3 Å². The van der Waals surface area contributed by atoms with Gasteiger partial charge < -0.3 is 14.7 Å². The summed E-state index contributed by atoms with van der Waals surface area (Å²) in [7, 11) is 0. The Labute approximate surface area is 128 Å². The van der Waals surface area contributed by atoms with Crippen LogP contribution in [0.4, 0.5) is 0 Å². The van der Waals surface area contributed by atoms with Gasteiger partial charge in [-0.15, -0.1) is 0 Å². The van der Waals surface area contributed by atoms with Gasteiger partial charge in [-0.05, 0) is 46.0 Å². The molecule has 1 aliphatic heterocycles. The molecule has 1 aliphatic carbocycles. The number of ether oxygens (including phenoxy) is 1. The average molecular weight is 297 g/mol. The third-order valence-corrected chi connectivity index (χ3v) is 4.82. The van der Waals surface area contributed by atoms with E-state index in [4.69, 9.17) is 4.74 Å². The summed E-state index contributed by atoms with van der Waals surface area (Å²) in [5.41, 5.74) is 0. The first-order valence-corrected chi connectivity index (χ1v) is 8.72. The number of nitrogens with zero attached hydrogens (tertiary/aromatic N) is 1. The van der Waals surface area contributed by atoms with Gasteiger partial charge in [0.1, 0.15) is 6.10 Å². The number of carbonyl (C=O) groups excluding carboxylic acids is 1. The van der Waals surface area contributed by atoms with Crippen LogP contribution >= 0.6 is 0 Å². The lowest BCUT2D eigenvalue weighted by atomic mass is 10.1. The molecule has 4 heteroatoms. The van der Waals surface area contributed by atoms with E-state index in [1.54, 1.807) is 6.92 Å². The number of rotatable bonds is 5. The molecule has 2 rings (SSSR count). The lowest BCUT2D eigenvalue weighted by molar-refractivity contribution is -0.148. The van der Waals surface area contributed by atoms with Crippen LogP contribution in [0.3, 0.4) is 0 Å². The Hall–Kier alpha value is -0.610. The second-order valence-electron chi connectivity index (χ2n) is 6.80. The molecule has 1 amide bonds. The Bertz CT molecular complexity index is 324. The molecular weight excluding hydrogens is 266 g/mol. The van der Waals surface area contributed by atoms with Crippen LogP contribution in [0.25, 0.3) is 0 Å². The standard InChI is InChI=1S/C17H31NO3/c1-13(19)12-15-8-7-11-18(15)17(20)14(2)21-16-9-5-3-4-6-10-16/h13-16,19H,3-12H2,1-2H3. The SMILES string of the molecule is CC(O)CC1CCCN1C(=O)C(C)OC1CCCCCC1. The summed E-state index contributed by atoms with van der Waals surface area (Å²) >= 11 is 0. The van der Waals surface area contributed by atoms with Crippen molar-refractivity contribution < 1.29 is 14.6 Å². The molecule has 1 heterocycles. The molecule has 122 valence electrons. The highest BCUT2D eigenvalue weighted by Crippen LogP contribution is 2.25. The zero-order valence-corrected chi connectivity index (χ0v) is 13.6. The van der Waals surface area contributed by atoms with E-state index in [9.17, 15) is 9.90 Å². The van der Waals surface area contributed by atoms with E-state index >= 15 is 0 Å². The van der Waals surface area contributed by atoms with Crippen LogP contribution in [0.1, 0.15) is 71.6 Å². The van der Waals surface area contributed by atoms with Crippen LogP contribution in [-0.2, 0) is 9.53 Å². The van der Waals surface area contributed by atoms with E-state index in [0.717, 1.165) is 32.2 Å². The first-order valence-electron chi connectivity index (χ1n) is 8.72. The average Bonchev–Trinajstić information content (AvgIpc) is 2.72. The van der Waals surface area contributed by atoms with E-state index in [1.807, 2.05) is 11.8 Å². The quantitative estimate of drug-likeness (QED) is 0.794. The van der Waals surface area contributed by atoms with Gasteiger partial charge in [0.05, 0.1) is 12.2 Å². The summed E-state index contributed by atoms with van der Waals surface area (Å²) in [6.07, 6.45) is 9.51. The van der Waals surface area contributed by atoms with Gasteiger partial charge in [0.2, 0.25) is 0 Å². The van der Waals surface area contributed by atoms with Crippen molar-refractivity contribution in [1.82, 2.24) is 4.90 Å². The largest absolute Gasteiger partial charge is 0.393 e. The smallest absolute Gasteiger partial charge is 0.251 e. The molecule has 2 fully saturated rings. The van der Waals surface area contributed by atoms with Gasteiger partial charge in [-0.25, -0.2) is 0 Å². The number of aliphatic hydroxyl groups excluding tert-OH is 1. The van der Waals surface area contributed by atoms with Crippen LogP contribution < -0.4 is 0 Å². The number of aliphatic hydroxyl groups is 1. The van der Waals surface area contributed by atoms with Gasteiger partial charge in [-0.2, -0.15) is 0 Å². The number of hydrogen-bond donors (Lipinski definition) is 1. The minimum Gasteiger partial charge on any atom is -0.393 e. The lowest BCUT2D eigenvalue weighted by Crippen LogP contribution is -2.44. The van der Waals surface area contributed by atoms with Crippen molar-refractivity contribution in [2.45, 2.75) is 96.0 Å². The summed E-state index contributed by atoms with van der Waals surface area (Å²) in [5.74, 6) is 0.113. The monoisotopic (exact) mass is 297 g/mol. The predicted octanol–water partition coefficient (Wildman–Crippen LogP) is 2.88. The normalized spacial score (nSPS) is 27.4. The molecule has 0 spiro atoms. The molecule has 1 saturated heterocycles. The Morgan fingerprint density at radius 2 is 1.81 bits per heavy atom. The molecule has 0 aromatic carbocycles. The molecule has 3 unspecified atom stereocenters. The van der Waals surface area contributed by atoms with Crippen molar-refractivity contribution in [3.05, 3.63) is 0 Å². The molecule has 21 heavy (non-hydrogen) atoms. The molecule has 0 aromatic heterocycles. The van der Waals surface area contributed by atoms with E-state index in [2.05, 4.69) is 0 Å². The summed E-state index contributed by atoms with van der Waals surface area (Å²) in [6, 6.07) is 0.192. The Morgan fingerprint density at radius 1 is 1.14 bits per heavy atom. The van der Waals surface area contributed by atoms with Gasteiger partial charge >= 0.3 is 0 Å². The predicted molar refractivity (Wildman–Crippen MR) is 83.1 cm³/mol.